The van der Waals surface area contributed by atoms with E-state index in [9.17, 15) is 4.79 Å². The molecule has 1 heterocycles. The topological polar surface area (TPSA) is 59.8 Å². The van der Waals surface area contributed by atoms with Crippen LogP contribution < -0.4 is 5.32 Å². The zero-order chi connectivity index (χ0) is 24.0. The predicted octanol–water partition coefficient (Wildman–Crippen LogP) is 7.90. The number of nitrogens with one attached hydrogen (secondary N) is 1. The van der Waals surface area contributed by atoms with Crippen molar-refractivity contribution in [1.29, 1.82) is 0 Å². The third kappa shape index (κ3) is 7.46. The summed E-state index contributed by atoms with van der Waals surface area (Å²) in [6.07, 6.45) is 1.76. The van der Waals surface area contributed by atoms with Gasteiger partial charge in [-0.15, -0.1) is 28.5 Å². The van der Waals surface area contributed by atoms with E-state index < -0.39 is 0 Å². The average molecular weight is 583 g/mol. The Hall–Kier alpha value is -1.06. The zero-order valence-electron chi connectivity index (χ0n) is 17.0. The van der Waals surface area contributed by atoms with Gasteiger partial charge in [0.1, 0.15) is 5.82 Å². The first-order valence-corrected chi connectivity index (χ1v) is 13.4. The van der Waals surface area contributed by atoms with E-state index in [-0.39, 0.29) is 21.7 Å². The van der Waals surface area contributed by atoms with E-state index in [0.29, 0.717) is 38.2 Å². The quantitative estimate of drug-likeness (QED) is 0.195. The molecule has 5 nitrogen and oxygen atoms in total. The molecule has 0 saturated heterocycles. The Morgan fingerprint density at radius 1 is 1.00 bits per heavy atom. The molecule has 33 heavy (non-hydrogen) atoms. The number of anilines is 1. The smallest absolute Gasteiger partial charge is 0.234 e. The molecule has 0 fully saturated rings. The summed E-state index contributed by atoms with van der Waals surface area (Å²) in [6.45, 7) is 4.32. The number of halogens is 5. The minimum atomic E-state index is -0.283. The summed E-state index contributed by atoms with van der Waals surface area (Å²) < 4.78 is 1.93. The van der Waals surface area contributed by atoms with Gasteiger partial charge in [-0.2, -0.15) is 0 Å². The molecule has 3 aromatic rings. The standard InChI is InChI=1S/C21H17Cl5N4OS2/c1-2-5-30-18(10-32-9-12-3-4-14(23)15(24)6-12)28-29-21(30)33-11-19(31)27-20-16(25)7-13(22)8-17(20)26/h2-4,6-8H,1,5,9-11H2,(H,27,31). The van der Waals surface area contributed by atoms with Crippen LogP contribution >= 0.6 is 81.5 Å². The van der Waals surface area contributed by atoms with Gasteiger partial charge in [0.25, 0.3) is 0 Å². The van der Waals surface area contributed by atoms with Gasteiger partial charge in [-0.05, 0) is 29.8 Å². The van der Waals surface area contributed by atoms with Gasteiger partial charge < -0.3 is 9.88 Å². The normalized spacial score (nSPS) is 10.9. The number of hydrogen-bond acceptors (Lipinski definition) is 5. The van der Waals surface area contributed by atoms with Crippen molar-refractivity contribution in [3.63, 3.8) is 0 Å². The van der Waals surface area contributed by atoms with Crippen molar-refractivity contribution in [1.82, 2.24) is 14.8 Å². The maximum atomic E-state index is 12.4. The van der Waals surface area contributed by atoms with Gasteiger partial charge in [-0.1, -0.05) is 81.9 Å². The molecule has 174 valence electrons. The molecule has 0 aliphatic rings. The molecule has 0 spiro atoms. The Labute approximate surface area is 225 Å². The lowest BCUT2D eigenvalue weighted by atomic mass is 10.2. The van der Waals surface area contributed by atoms with Crippen LogP contribution in [0.1, 0.15) is 11.4 Å². The lowest BCUT2D eigenvalue weighted by Gasteiger charge is -2.10. The fraction of sp³-hybridized carbons (Fsp3) is 0.190. The number of carbonyl (C=O) groups is 1. The second-order valence-corrected chi connectivity index (χ2v) is 10.6. The van der Waals surface area contributed by atoms with Gasteiger partial charge in [0.2, 0.25) is 5.91 Å². The minimum absolute atomic E-state index is 0.0982. The van der Waals surface area contributed by atoms with E-state index in [0.717, 1.165) is 17.1 Å². The Morgan fingerprint density at radius 2 is 1.73 bits per heavy atom. The van der Waals surface area contributed by atoms with Gasteiger partial charge in [0, 0.05) is 17.3 Å². The number of rotatable bonds is 10. The number of nitrogens with zero attached hydrogens (tertiary/aromatic N) is 3. The van der Waals surface area contributed by atoms with E-state index in [4.69, 9.17) is 58.0 Å². The van der Waals surface area contributed by atoms with Crippen molar-refractivity contribution < 1.29 is 4.79 Å². The van der Waals surface area contributed by atoms with Gasteiger partial charge in [-0.3, -0.25) is 4.79 Å². The molecular formula is C21H17Cl5N4OS2. The van der Waals surface area contributed by atoms with Crippen molar-refractivity contribution in [3.8, 4) is 0 Å². The van der Waals surface area contributed by atoms with Crippen LogP contribution in [-0.2, 0) is 22.8 Å². The number of benzene rings is 2. The van der Waals surface area contributed by atoms with Crippen LogP contribution in [0.4, 0.5) is 5.69 Å². The van der Waals surface area contributed by atoms with Crippen molar-refractivity contribution in [3.05, 3.63) is 79.5 Å². The Morgan fingerprint density at radius 3 is 2.39 bits per heavy atom. The lowest BCUT2D eigenvalue weighted by Crippen LogP contribution is -2.15. The molecular weight excluding hydrogens is 566 g/mol. The first-order chi connectivity index (χ1) is 15.8. The molecule has 0 atom stereocenters. The van der Waals surface area contributed by atoms with Gasteiger partial charge in [0.15, 0.2) is 5.16 Å². The summed E-state index contributed by atoms with van der Waals surface area (Å²) in [5, 5.41) is 13.8. The summed E-state index contributed by atoms with van der Waals surface area (Å²) in [5.41, 5.74) is 1.38. The van der Waals surface area contributed by atoms with Crippen LogP contribution in [0.2, 0.25) is 25.1 Å². The third-order valence-corrected chi connectivity index (χ3v) is 7.71. The first-order valence-electron chi connectivity index (χ1n) is 9.40. The summed E-state index contributed by atoms with van der Waals surface area (Å²) in [5.74, 6) is 1.97. The van der Waals surface area contributed by atoms with E-state index in [1.165, 1.54) is 23.9 Å². The molecule has 12 heteroatoms. The Balaban J connectivity index is 1.60. The molecule has 0 radical (unpaired) electrons. The first kappa shape index (κ1) is 26.5. The van der Waals surface area contributed by atoms with Crippen LogP contribution in [0.15, 0.2) is 48.1 Å². The van der Waals surface area contributed by atoms with E-state index in [1.807, 2.05) is 16.7 Å². The van der Waals surface area contributed by atoms with Gasteiger partial charge >= 0.3 is 0 Å². The number of carbonyl (C=O) groups excluding carboxylic acids is 1. The van der Waals surface area contributed by atoms with Gasteiger partial charge in [-0.25, -0.2) is 0 Å². The maximum absolute atomic E-state index is 12.4. The second-order valence-electron chi connectivity index (χ2n) is 6.62. The number of aromatic nitrogens is 3. The van der Waals surface area contributed by atoms with Crippen molar-refractivity contribution in [2.45, 2.75) is 23.2 Å². The number of hydrogen-bond donors (Lipinski definition) is 1. The SMILES string of the molecule is C=CCn1c(CSCc2ccc(Cl)c(Cl)c2)nnc1SCC(=O)Nc1c(Cl)cc(Cl)cc1Cl. The van der Waals surface area contributed by atoms with Crippen LogP contribution in [0.3, 0.4) is 0 Å². The molecule has 0 saturated carbocycles. The predicted molar refractivity (Wildman–Crippen MR) is 143 cm³/mol. The second kappa shape index (κ2) is 12.6. The molecule has 3 rings (SSSR count). The molecule has 1 N–H and O–H groups in total. The number of allylic oxidation sites excluding steroid dienone is 1. The lowest BCUT2D eigenvalue weighted by molar-refractivity contribution is -0.113. The summed E-state index contributed by atoms with van der Waals surface area (Å²) in [6, 6.07) is 8.60. The van der Waals surface area contributed by atoms with Crippen LogP contribution in [0.5, 0.6) is 0 Å². The van der Waals surface area contributed by atoms with E-state index in [2.05, 4.69) is 22.1 Å². The molecule has 0 bridgehead atoms. The fourth-order valence-corrected chi connectivity index (χ4v) is 5.61. The van der Waals surface area contributed by atoms with Gasteiger partial charge in [0.05, 0.1) is 37.3 Å². The highest BCUT2D eigenvalue weighted by molar-refractivity contribution is 7.99. The molecule has 0 aliphatic carbocycles. The third-order valence-electron chi connectivity index (χ3n) is 4.19. The van der Waals surface area contributed by atoms with Crippen molar-refractivity contribution in [2.75, 3.05) is 11.1 Å². The van der Waals surface area contributed by atoms with E-state index in [1.54, 1.807) is 23.9 Å². The van der Waals surface area contributed by atoms with Crippen LogP contribution in [0.25, 0.3) is 0 Å². The van der Waals surface area contributed by atoms with Crippen molar-refractivity contribution >= 4 is 93.1 Å². The highest BCUT2D eigenvalue weighted by atomic mass is 35.5. The van der Waals surface area contributed by atoms with Crippen LogP contribution in [0, 0.1) is 0 Å². The molecule has 0 unspecified atom stereocenters. The van der Waals surface area contributed by atoms with Crippen LogP contribution in [-0.4, -0.2) is 26.4 Å². The fourth-order valence-electron chi connectivity index (χ4n) is 2.70. The monoisotopic (exact) mass is 580 g/mol. The highest BCUT2D eigenvalue weighted by Gasteiger charge is 2.16. The molecule has 0 aliphatic heterocycles. The minimum Gasteiger partial charge on any atom is -0.323 e. The largest absolute Gasteiger partial charge is 0.323 e. The molecule has 1 aromatic heterocycles. The summed E-state index contributed by atoms with van der Waals surface area (Å²) in [7, 11) is 0. The Bertz CT molecular complexity index is 1150. The van der Waals surface area contributed by atoms with E-state index >= 15 is 0 Å². The van der Waals surface area contributed by atoms with Crippen molar-refractivity contribution in [2.24, 2.45) is 0 Å². The zero-order valence-corrected chi connectivity index (χ0v) is 22.4. The highest BCUT2D eigenvalue weighted by Crippen LogP contribution is 2.34. The Kier molecular flexibility index (Phi) is 10.1. The molecule has 1 amide bonds. The summed E-state index contributed by atoms with van der Waals surface area (Å²) in [4.78, 5) is 12.4. The summed E-state index contributed by atoms with van der Waals surface area (Å²) >= 11 is 33.1. The number of amides is 1. The average Bonchev–Trinajstić information content (AvgIpc) is 3.13. The molecule has 2 aromatic carbocycles. The number of thioether (sulfide) groups is 2. The maximum Gasteiger partial charge on any atom is 0.234 e.